The molecule has 2 aliphatic heterocycles. The van der Waals surface area contributed by atoms with Crippen LogP contribution in [0.4, 0.5) is 5.69 Å². The lowest BCUT2D eigenvalue weighted by molar-refractivity contribution is 0.102. The van der Waals surface area contributed by atoms with Crippen molar-refractivity contribution in [2.75, 3.05) is 43.1 Å². The summed E-state index contributed by atoms with van der Waals surface area (Å²) < 4.78 is 28.0. The smallest absolute Gasteiger partial charge is 0.243 e. The predicted octanol–water partition coefficient (Wildman–Crippen LogP) is 4.87. The van der Waals surface area contributed by atoms with Crippen LogP contribution in [0.25, 0.3) is 0 Å². The summed E-state index contributed by atoms with van der Waals surface area (Å²) in [4.78, 5) is 2.58. The van der Waals surface area contributed by atoms with Gasteiger partial charge in [-0.05, 0) is 61.3 Å². The molecule has 1 aromatic carbocycles. The molecule has 1 saturated carbocycles. The molecule has 7 heteroatoms. The van der Waals surface area contributed by atoms with E-state index in [4.69, 9.17) is 11.6 Å². The minimum atomic E-state index is -3.46. The van der Waals surface area contributed by atoms with Crippen LogP contribution in [0.5, 0.6) is 0 Å². The fraction of sp³-hybridized carbons (Fsp3) is 0.714. The largest absolute Gasteiger partial charge is 0.370 e. The van der Waals surface area contributed by atoms with E-state index in [1.807, 2.05) is 17.8 Å². The van der Waals surface area contributed by atoms with Gasteiger partial charge in [0.2, 0.25) is 10.0 Å². The quantitative estimate of drug-likeness (QED) is 0.651. The van der Waals surface area contributed by atoms with Crippen molar-refractivity contribution in [1.82, 2.24) is 4.31 Å². The normalized spacial score (nSPS) is 23.7. The van der Waals surface area contributed by atoms with Crippen LogP contribution >= 0.6 is 23.4 Å². The Labute approximate surface area is 179 Å². The van der Waals surface area contributed by atoms with E-state index >= 15 is 0 Å². The number of hydrogen-bond acceptors (Lipinski definition) is 4. The Morgan fingerprint density at radius 1 is 1.11 bits per heavy atom. The summed E-state index contributed by atoms with van der Waals surface area (Å²) in [5, 5.41) is 0.546. The zero-order valence-electron chi connectivity index (χ0n) is 16.7. The van der Waals surface area contributed by atoms with Crippen LogP contribution in [0.2, 0.25) is 5.02 Å². The van der Waals surface area contributed by atoms with Crippen molar-refractivity contribution in [3.8, 4) is 0 Å². The molecule has 1 aliphatic carbocycles. The van der Waals surface area contributed by atoms with E-state index in [1.165, 1.54) is 32.1 Å². The van der Waals surface area contributed by atoms with E-state index in [2.05, 4.69) is 11.2 Å². The molecule has 0 unspecified atom stereocenters. The molecule has 0 amide bonds. The molecule has 4 nitrogen and oxygen atoms in total. The Bertz CT molecular complexity index is 793. The fourth-order valence-electron chi connectivity index (χ4n) is 5.16. The number of piperidine rings is 1. The molecular weight excluding hydrogens is 412 g/mol. The molecule has 3 fully saturated rings. The SMILES string of the molecule is CSCC1CN(c2ccc(S(=O)(=O)N3CCC4(CCCCC4)CC3)cc2Cl)C1. The lowest BCUT2D eigenvalue weighted by Gasteiger charge is -2.44. The van der Waals surface area contributed by atoms with Gasteiger partial charge in [-0.15, -0.1) is 0 Å². The first-order chi connectivity index (χ1) is 13.4. The van der Waals surface area contributed by atoms with Crippen LogP contribution in [-0.4, -0.2) is 50.9 Å². The number of nitrogens with zero attached hydrogens (tertiary/aromatic N) is 2. The molecule has 156 valence electrons. The summed E-state index contributed by atoms with van der Waals surface area (Å²) in [5.74, 6) is 1.87. The maximum absolute atomic E-state index is 13.2. The van der Waals surface area contributed by atoms with Crippen LogP contribution in [0.15, 0.2) is 23.1 Å². The van der Waals surface area contributed by atoms with Gasteiger partial charge in [0.1, 0.15) is 0 Å². The third-order valence-electron chi connectivity index (χ3n) is 6.95. The van der Waals surface area contributed by atoms with Gasteiger partial charge in [-0.3, -0.25) is 0 Å². The van der Waals surface area contributed by atoms with Crippen molar-refractivity contribution in [2.24, 2.45) is 11.3 Å². The summed E-state index contributed by atoms with van der Waals surface area (Å²) in [6.45, 7) is 3.29. The molecule has 1 aromatic rings. The second kappa shape index (κ2) is 8.37. The van der Waals surface area contributed by atoms with E-state index in [9.17, 15) is 8.42 Å². The van der Waals surface area contributed by atoms with Gasteiger partial charge >= 0.3 is 0 Å². The van der Waals surface area contributed by atoms with E-state index < -0.39 is 10.0 Å². The molecule has 0 N–H and O–H groups in total. The van der Waals surface area contributed by atoms with Crippen LogP contribution in [0, 0.1) is 11.3 Å². The van der Waals surface area contributed by atoms with Crippen LogP contribution in [0.1, 0.15) is 44.9 Å². The van der Waals surface area contributed by atoms with Gasteiger partial charge in [-0.1, -0.05) is 30.9 Å². The zero-order valence-corrected chi connectivity index (χ0v) is 19.1. The third-order valence-corrected chi connectivity index (χ3v) is 9.96. The highest BCUT2D eigenvalue weighted by atomic mass is 35.5. The summed E-state index contributed by atoms with van der Waals surface area (Å²) in [6.07, 6.45) is 10.6. The lowest BCUT2D eigenvalue weighted by atomic mass is 9.68. The zero-order chi connectivity index (χ0) is 19.8. The first kappa shape index (κ1) is 20.8. The summed E-state index contributed by atoms with van der Waals surface area (Å²) in [6, 6.07) is 5.28. The van der Waals surface area contributed by atoms with Crippen molar-refractivity contribution >= 4 is 39.1 Å². The number of sulfonamides is 1. The Morgan fingerprint density at radius 2 is 1.79 bits per heavy atom. The molecule has 2 saturated heterocycles. The lowest BCUT2D eigenvalue weighted by Crippen LogP contribution is -2.48. The van der Waals surface area contributed by atoms with Crippen molar-refractivity contribution < 1.29 is 8.42 Å². The molecule has 4 rings (SSSR count). The van der Waals surface area contributed by atoms with Crippen molar-refractivity contribution in [2.45, 2.75) is 49.8 Å². The monoisotopic (exact) mass is 442 g/mol. The summed E-state index contributed by atoms with van der Waals surface area (Å²) in [7, 11) is -3.46. The van der Waals surface area contributed by atoms with E-state index in [0.29, 0.717) is 34.3 Å². The van der Waals surface area contributed by atoms with Crippen molar-refractivity contribution in [1.29, 1.82) is 0 Å². The van der Waals surface area contributed by atoms with Gasteiger partial charge in [-0.2, -0.15) is 16.1 Å². The maximum atomic E-state index is 13.2. The highest BCUT2D eigenvalue weighted by Gasteiger charge is 2.39. The topological polar surface area (TPSA) is 40.6 Å². The number of rotatable bonds is 5. The van der Waals surface area contributed by atoms with Crippen LogP contribution < -0.4 is 4.90 Å². The molecule has 2 heterocycles. The van der Waals surface area contributed by atoms with E-state index in [-0.39, 0.29) is 0 Å². The Morgan fingerprint density at radius 3 is 2.39 bits per heavy atom. The van der Waals surface area contributed by atoms with Crippen LogP contribution in [0.3, 0.4) is 0 Å². The summed E-state index contributed by atoms with van der Waals surface area (Å²) in [5.41, 5.74) is 1.36. The van der Waals surface area contributed by atoms with Gasteiger partial charge in [0.05, 0.1) is 15.6 Å². The molecule has 28 heavy (non-hydrogen) atoms. The molecule has 0 atom stereocenters. The van der Waals surface area contributed by atoms with Crippen LogP contribution in [-0.2, 0) is 10.0 Å². The number of hydrogen-bond donors (Lipinski definition) is 0. The third kappa shape index (κ3) is 4.07. The van der Waals surface area contributed by atoms with Gasteiger partial charge in [0.15, 0.2) is 0 Å². The number of anilines is 1. The van der Waals surface area contributed by atoms with Gasteiger partial charge in [0, 0.05) is 32.1 Å². The Hall–Kier alpha value is -0.430. The average Bonchev–Trinajstić information content (AvgIpc) is 2.66. The minimum Gasteiger partial charge on any atom is -0.370 e. The van der Waals surface area contributed by atoms with Crippen molar-refractivity contribution in [3.63, 3.8) is 0 Å². The van der Waals surface area contributed by atoms with Gasteiger partial charge in [-0.25, -0.2) is 8.42 Å². The van der Waals surface area contributed by atoms with Gasteiger partial charge < -0.3 is 4.90 Å². The fourth-order valence-corrected chi connectivity index (χ4v) is 7.68. The predicted molar refractivity (Wildman–Crippen MR) is 119 cm³/mol. The molecular formula is C21H31ClN2O2S2. The highest BCUT2D eigenvalue weighted by molar-refractivity contribution is 7.98. The number of thioether (sulfide) groups is 1. The average molecular weight is 443 g/mol. The molecule has 0 radical (unpaired) electrons. The molecule has 0 bridgehead atoms. The first-order valence-corrected chi connectivity index (χ1v) is 13.7. The van der Waals surface area contributed by atoms with E-state index in [1.54, 1.807) is 16.4 Å². The highest BCUT2D eigenvalue weighted by Crippen LogP contribution is 2.45. The molecule has 3 aliphatic rings. The maximum Gasteiger partial charge on any atom is 0.243 e. The second-order valence-corrected chi connectivity index (χ2v) is 12.1. The minimum absolute atomic E-state index is 0.335. The van der Waals surface area contributed by atoms with E-state index in [0.717, 1.165) is 37.4 Å². The molecule has 0 aromatic heterocycles. The number of benzene rings is 1. The molecule has 1 spiro atoms. The summed E-state index contributed by atoms with van der Waals surface area (Å²) >= 11 is 8.37. The number of halogens is 1. The van der Waals surface area contributed by atoms with Gasteiger partial charge in [0.25, 0.3) is 0 Å². The first-order valence-electron chi connectivity index (χ1n) is 10.5. The standard InChI is InChI=1S/C21H31ClN2O2S2/c1-27-16-17-14-23(15-17)20-6-5-18(13-19(20)22)28(25,26)24-11-9-21(10-12-24)7-3-2-4-8-21/h5-6,13,17H,2-4,7-12,14-16H2,1H3. The Kier molecular flexibility index (Phi) is 6.22. The van der Waals surface area contributed by atoms with Crippen molar-refractivity contribution in [3.05, 3.63) is 23.2 Å². The Balaban J connectivity index is 1.43. The second-order valence-electron chi connectivity index (χ2n) is 8.80.